The van der Waals surface area contributed by atoms with Crippen molar-refractivity contribution < 1.29 is 14.7 Å². The number of aromatic nitrogens is 1. The molecule has 2 aromatic rings. The molecule has 88 valence electrons. The van der Waals surface area contributed by atoms with Gasteiger partial charge in [0, 0.05) is 22.7 Å². The van der Waals surface area contributed by atoms with Crippen LogP contribution in [0.3, 0.4) is 0 Å². The van der Waals surface area contributed by atoms with E-state index in [0.717, 1.165) is 17.2 Å². The fourth-order valence-electron chi connectivity index (χ4n) is 2.07. The Labute approximate surface area is 98.5 Å². The highest BCUT2D eigenvalue weighted by molar-refractivity contribution is 5.98. The van der Waals surface area contributed by atoms with Crippen LogP contribution in [0.15, 0.2) is 30.5 Å². The van der Waals surface area contributed by atoms with Gasteiger partial charge in [-0.3, -0.25) is 4.79 Å². The Morgan fingerprint density at radius 1 is 1.47 bits per heavy atom. The predicted octanol–water partition coefficient (Wildman–Crippen LogP) is 2.49. The zero-order valence-electron chi connectivity index (χ0n) is 9.46. The van der Waals surface area contributed by atoms with Gasteiger partial charge in [0.15, 0.2) is 6.29 Å². The van der Waals surface area contributed by atoms with Crippen molar-refractivity contribution in [1.29, 1.82) is 0 Å². The van der Waals surface area contributed by atoms with Crippen LogP contribution in [-0.4, -0.2) is 21.9 Å². The molecule has 0 amide bonds. The van der Waals surface area contributed by atoms with Crippen LogP contribution in [0.1, 0.15) is 29.7 Å². The molecule has 0 bridgehead atoms. The maximum atomic E-state index is 11.2. The van der Waals surface area contributed by atoms with Gasteiger partial charge in [0.25, 0.3) is 0 Å². The van der Waals surface area contributed by atoms with Crippen molar-refractivity contribution in [2.24, 2.45) is 0 Å². The quantitative estimate of drug-likeness (QED) is 0.822. The molecule has 0 saturated carbocycles. The van der Waals surface area contributed by atoms with Gasteiger partial charge in [0.05, 0.1) is 0 Å². The number of fused-ring (bicyclic) bond motifs is 1. The average molecular weight is 231 g/mol. The summed E-state index contributed by atoms with van der Waals surface area (Å²) >= 11 is 0. The maximum absolute atomic E-state index is 11.2. The molecule has 17 heavy (non-hydrogen) atoms. The van der Waals surface area contributed by atoms with Crippen molar-refractivity contribution in [3.8, 4) is 0 Å². The molecule has 2 rings (SSSR count). The van der Waals surface area contributed by atoms with Gasteiger partial charge in [0.2, 0.25) is 0 Å². The van der Waals surface area contributed by atoms with E-state index in [4.69, 9.17) is 5.11 Å². The summed E-state index contributed by atoms with van der Waals surface area (Å²) in [5.74, 6) is -0.884. The third kappa shape index (κ3) is 1.82. The molecule has 1 aromatic carbocycles. The summed E-state index contributed by atoms with van der Waals surface area (Å²) in [4.78, 5) is 22.1. The summed E-state index contributed by atoms with van der Waals surface area (Å²) in [6, 6.07) is 6.69. The number of carbonyl (C=O) groups is 2. The highest BCUT2D eigenvalue weighted by atomic mass is 16.4. The number of aliphatic carboxylic acids is 1. The summed E-state index contributed by atoms with van der Waals surface area (Å²) in [7, 11) is 0. The highest BCUT2D eigenvalue weighted by Gasteiger charge is 2.20. The number of nitrogens with zero attached hydrogens (tertiary/aromatic N) is 1. The van der Waals surface area contributed by atoms with Gasteiger partial charge in [0.1, 0.15) is 6.04 Å². The van der Waals surface area contributed by atoms with Crippen LogP contribution in [-0.2, 0) is 4.79 Å². The monoisotopic (exact) mass is 231 g/mol. The van der Waals surface area contributed by atoms with Crippen molar-refractivity contribution >= 4 is 23.2 Å². The van der Waals surface area contributed by atoms with Gasteiger partial charge < -0.3 is 9.67 Å². The Morgan fingerprint density at radius 3 is 2.76 bits per heavy atom. The van der Waals surface area contributed by atoms with Gasteiger partial charge in [-0.1, -0.05) is 25.1 Å². The summed E-state index contributed by atoms with van der Waals surface area (Å²) in [5.41, 5.74) is 1.31. The number of carboxylic acids is 1. The lowest BCUT2D eigenvalue weighted by Crippen LogP contribution is -2.17. The third-order valence-electron chi connectivity index (χ3n) is 2.91. The van der Waals surface area contributed by atoms with E-state index in [1.54, 1.807) is 10.8 Å². The maximum Gasteiger partial charge on any atom is 0.326 e. The lowest BCUT2D eigenvalue weighted by atomic mass is 10.2. The van der Waals surface area contributed by atoms with Crippen molar-refractivity contribution in [3.63, 3.8) is 0 Å². The van der Waals surface area contributed by atoms with Crippen LogP contribution in [0.2, 0.25) is 0 Å². The van der Waals surface area contributed by atoms with E-state index >= 15 is 0 Å². The first kappa shape index (κ1) is 11.4. The Morgan fingerprint density at radius 2 is 2.18 bits per heavy atom. The molecule has 0 fully saturated rings. The topological polar surface area (TPSA) is 59.3 Å². The van der Waals surface area contributed by atoms with Gasteiger partial charge in [-0.15, -0.1) is 0 Å². The molecule has 0 aliphatic heterocycles. The Balaban J connectivity index is 2.69. The first-order valence-corrected chi connectivity index (χ1v) is 5.46. The Bertz CT molecular complexity index is 571. The summed E-state index contributed by atoms with van der Waals surface area (Å²) in [5, 5.41) is 9.95. The Kier molecular flexibility index (Phi) is 2.95. The first-order chi connectivity index (χ1) is 8.19. The molecule has 4 nitrogen and oxygen atoms in total. The normalized spacial score (nSPS) is 12.5. The summed E-state index contributed by atoms with van der Waals surface area (Å²) in [6.45, 7) is 1.81. The molecular formula is C13H13NO3. The number of para-hydroxylation sites is 1. The number of rotatable bonds is 4. The predicted molar refractivity (Wildman–Crippen MR) is 64.3 cm³/mol. The molecule has 0 spiro atoms. The van der Waals surface area contributed by atoms with Crippen molar-refractivity contribution in [1.82, 2.24) is 4.57 Å². The van der Waals surface area contributed by atoms with Gasteiger partial charge in [-0.25, -0.2) is 4.79 Å². The largest absolute Gasteiger partial charge is 0.480 e. The van der Waals surface area contributed by atoms with E-state index in [9.17, 15) is 9.59 Å². The number of hydrogen-bond acceptors (Lipinski definition) is 2. The molecule has 0 radical (unpaired) electrons. The van der Waals surface area contributed by atoms with Gasteiger partial charge in [-0.2, -0.15) is 0 Å². The van der Waals surface area contributed by atoms with Crippen LogP contribution in [0.4, 0.5) is 0 Å². The van der Waals surface area contributed by atoms with Crippen LogP contribution < -0.4 is 0 Å². The second kappa shape index (κ2) is 4.41. The zero-order chi connectivity index (χ0) is 12.4. The third-order valence-corrected chi connectivity index (χ3v) is 2.91. The van der Waals surface area contributed by atoms with E-state index < -0.39 is 12.0 Å². The summed E-state index contributed by atoms with van der Waals surface area (Å²) in [6.07, 6.45) is 2.85. The van der Waals surface area contributed by atoms with Crippen LogP contribution >= 0.6 is 0 Å². The average Bonchev–Trinajstić information content (AvgIpc) is 2.69. The van der Waals surface area contributed by atoms with E-state index in [1.165, 1.54) is 0 Å². The molecule has 1 aromatic heterocycles. The van der Waals surface area contributed by atoms with Crippen LogP contribution in [0.25, 0.3) is 10.9 Å². The van der Waals surface area contributed by atoms with Crippen molar-refractivity contribution in [2.75, 3.05) is 0 Å². The molecule has 1 N–H and O–H groups in total. The van der Waals surface area contributed by atoms with Crippen molar-refractivity contribution in [3.05, 3.63) is 36.0 Å². The van der Waals surface area contributed by atoms with Crippen LogP contribution in [0.5, 0.6) is 0 Å². The number of carboxylic acid groups (broad SMARTS) is 1. The fourth-order valence-corrected chi connectivity index (χ4v) is 2.07. The summed E-state index contributed by atoms with van der Waals surface area (Å²) < 4.78 is 1.65. The molecule has 1 heterocycles. The molecule has 4 heteroatoms. The minimum absolute atomic E-state index is 0.478. The zero-order valence-corrected chi connectivity index (χ0v) is 9.46. The molecular weight excluding hydrogens is 218 g/mol. The second-order valence-electron chi connectivity index (χ2n) is 3.89. The van der Waals surface area contributed by atoms with E-state index in [-0.39, 0.29) is 0 Å². The van der Waals surface area contributed by atoms with E-state index in [0.29, 0.717) is 12.0 Å². The Hall–Kier alpha value is -2.10. The van der Waals surface area contributed by atoms with Crippen LogP contribution in [0, 0.1) is 0 Å². The lowest BCUT2D eigenvalue weighted by molar-refractivity contribution is -0.140. The smallest absolute Gasteiger partial charge is 0.326 e. The lowest BCUT2D eigenvalue weighted by Gasteiger charge is -2.13. The fraction of sp³-hybridized carbons (Fsp3) is 0.231. The molecule has 0 aliphatic carbocycles. The highest BCUT2D eigenvalue weighted by Crippen LogP contribution is 2.25. The molecule has 0 saturated heterocycles. The minimum Gasteiger partial charge on any atom is -0.480 e. The number of benzene rings is 1. The SMILES string of the molecule is CC[C@@H](C(=O)O)n1cc(C=O)c2ccccc21. The number of carbonyl (C=O) groups excluding carboxylic acids is 1. The number of aldehydes is 1. The standard InChI is InChI=1S/C13H13NO3/c1-2-11(13(16)17)14-7-9(8-15)10-5-3-4-6-12(10)14/h3-8,11H,2H2,1H3,(H,16,17)/t11-/m0/s1. The number of hydrogen-bond donors (Lipinski definition) is 1. The van der Waals surface area contributed by atoms with Gasteiger partial charge in [-0.05, 0) is 12.5 Å². The molecule has 0 aliphatic rings. The molecule has 0 unspecified atom stereocenters. The second-order valence-corrected chi connectivity index (χ2v) is 3.89. The van der Waals surface area contributed by atoms with E-state index in [2.05, 4.69) is 0 Å². The van der Waals surface area contributed by atoms with E-state index in [1.807, 2.05) is 31.2 Å². The van der Waals surface area contributed by atoms with Crippen molar-refractivity contribution in [2.45, 2.75) is 19.4 Å². The molecule has 1 atom stereocenters. The van der Waals surface area contributed by atoms with Gasteiger partial charge >= 0.3 is 5.97 Å². The first-order valence-electron chi connectivity index (χ1n) is 5.46. The minimum atomic E-state index is -0.884.